The summed E-state index contributed by atoms with van der Waals surface area (Å²) in [6, 6.07) is 18.7. The summed E-state index contributed by atoms with van der Waals surface area (Å²) in [5.41, 5.74) is 1.94. The fraction of sp³-hybridized carbons (Fsp3) is 0.286. The van der Waals surface area contributed by atoms with Gasteiger partial charge >= 0.3 is 0 Å². The van der Waals surface area contributed by atoms with E-state index in [4.69, 9.17) is 23.2 Å². The minimum absolute atomic E-state index is 0.000249. The van der Waals surface area contributed by atoms with Crippen LogP contribution in [0.1, 0.15) is 31.9 Å². The molecule has 7 nitrogen and oxygen atoms in total. The zero-order valence-corrected chi connectivity index (χ0v) is 24.0. The van der Waals surface area contributed by atoms with Crippen molar-refractivity contribution in [3.05, 3.63) is 94.0 Å². The van der Waals surface area contributed by atoms with Crippen LogP contribution < -0.4 is 9.62 Å². The molecule has 0 heterocycles. The van der Waals surface area contributed by atoms with Gasteiger partial charge in [-0.2, -0.15) is 0 Å². The monoisotopic (exact) mass is 575 g/mol. The second-order valence-corrected chi connectivity index (χ2v) is 12.0. The molecule has 1 atom stereocenters. The van der Waals surface area contributed by atoms with Crippen LogP contribution in [0.3, 0.4) is 0 Å². The SMILES string of the molecule is Cc1cccc(CN(C(=O)CN(c2cc(Cl)cc(Cl)c2)S(=O)(=O)c2ccccc2)[C@H](C)C(=O)NC(C)C)c1. The normalized spacial score (nSPS) is 12.2. The van der Waals surface area contributed by atoms with Gasteiger partial charge in [0.15, 0.2) is 0 Å². The van der Waals surface area contributed by atoms with Crippen molar-refractivity contribution in [1.82, 2.24) is 10.2 Å². The average molecular weight is 577 g/mol. The second kappa shape index (κ2) is 12.7. The lowest BCUT2D eigenvalue weighted by atomic mass is 10.1. The number of halogens is 2. The van der Waals surface area contributed by atoms with Gasteiger partial charge in [0.2, 0.25) is 11.8 Å². The average Bonchev–Trinajstić information content (AvgIpc) is 2.84. The Labute approximate surface area is 234 Å². The summed E-state index contributed by atoms with van der Waals surface area (Å²) in [6.45, 7) is 6.75. The van der Waals surface area contributed by atoms with Gasteiger partial charge in [0.1, 0.15) is 12.6 Å². The van der Waals surface area contributed by atoms with Crippen molar-refractivity contribution < 1.29 is 18.0 Å². The van der Waals surface area contributed by atoms with Crippen LogP contribution in [0.5, 0.6) is 0 Å². The van der Waals surface area contributed by atoms with Gasteiger partial charge in [-0.05, 0) is 63.6 Å². The zero-order valence-electron chi connectivity index (χ0n) is 21.7. The van der Waals surface area contributed by atoms with Crippen molar-refractivity contribution in [1.29, 1.82) is 0 Å². The molecular weight excluding hydrogens is 545 g/mol. The maximum Gasteiger partial charge on any atom is 0.264 e. The molecule has 0 aromatic heterocycles. The molecule has 0 fully saturated rings. The molecule has 0 aliphatic rings. The molecule has 0 saturated heterocycles. The predicted octanol–water partition coefficient (Wildman–Crippen LogP) is 5.44. The van der Waals surface area contributed by atoms with Crippen molar-refractivity contribution in [2.75, 3.05) is 10.8 Å². The van der Waals surface area contributed by atoms with E-state index in [2.05, 4.69) is 5.32 Å². The van der Waals surface area contributed by atoms with E-state index >= 15 is 0 Å². The number of carbonyl (C=O) groups excluding carboxylic acids is 2. The van der Waals surface area contributed by atoms with Crippen LogP contribution in [0.2, 0.25) is 10.0 Å². The van der Waals surface area contributed by atoms with Crippen LogP contribution in [0, 0.1) is 6.92 Å². The Morgan fingerprint density at radius 2 is 1.53 bits per heavy atom. The Morgan fingerprint density at radius 3 is 2.11 bits per heavy atom. The number of sulfonamides is 1. The Hall–Kier alpha value is -3.07. The fourth-order valence-electron chi connectivity index (χ4n) is 3.93. The number of nitrogens with zero attached hydrogens (tertiary/aromatic N) is 2. The molecule has 0 saturated carbocycles. The highest BCUT2D eigenvalue weighted by Gasteiger charge is 2.33. The number of hydrogen-bond acceptors (Lipinski definition) is 4. The van der Waals surface area contributed by atoms with Gasteiger partial charge in [0.25, 0.3) is 10.0 Å². The highest BCUT2D eigenvalue weighted by molar-refractivity contribution is 7.92. The number of hydrogen-bond donors (Lipinski definition) is 1. The zero-order chi connectivity index (χ0) is 28.0. The summed E-state index contributed by atoms with van der Waals surface area (Å²) in [7, 11) is -4.19. The van der Waals surface area contributed by atoms with Crippen LogP contribution in [-0.4, -0.2) is 43.8 Å². The topological polar surface area (TPSA) is 86.8 Å². The van der Waals surface area contributed by atoms with Crippen LogP contribution >= 0.6 is 23.2 Å². The molecule has 3 aromatic carbocycles. The molecule has 0 unspecified atom stereocenters. The summed E-state index contributed by atoms with van der Waals surface area (Å²) in [4.78, 5) is 28.2. The summed E-state index contributed by atoms with van der Waals surface area (Å²) in [6.07, 6.45) is 0. The van der Waals surface area contributed by atoms with Gasteiger partial charge in [-0.15, -0.1) is 0 Å². The molecular formula is C28H31Cl2N3O4S. The Kier molecular flexibility index (Phi) is 9.82. The van der Waals surface area contributed by atoms with Crippen LogP contribution in [0.15, 0.2) is 77.7 Å². The lowest BCUT2D eigenvalue weighted by Gasteiger charge is -2.32. The first kappa shape index (κ1) is 29.5. The number of carbonyl (C=O) groups is 2. The maximum atomic E-state index is 13.9. The summed E-state index contributed by atoms with van der Waals surface area (Å²) in [5, 5.41) is 3.27. The quantitative estimate of drug-likeness (QED) is 0.348. The third-order valence-electron chi connectivity index (χ3n) is 5.78. The molecule has 38 heavy (non-hydrogen) atoms. The van der Waals surface area contributed by atoms with E-state index in [1.165, 1.54) is 35.2 Å². The minimum atomic E-state index is -4.19. The Balaban J connectivity index is 2.06. The molecule has 3 rings (SSSR count). The van der Waals surface area contributed by atoms with Gasteiger partial charge < -0.3 is 10.2 Å². The van der Waals surface area contributed by atoms with Gasteiger partial charge in [-0.1, -0.05) is 71.2 Å². The summed E-state index contributed by atoms with van der Waals surface area (Å²) < 4.78 is 28.5. The number of anilines is 1. The van der Waals surface area contributed by atoms with E-state index in [0.717, 1.165) is 15.4 Å². The molecule has 0 bridgehead atoms. The third kappa shape index (κ3) is 7.49. The second-order valence-electron chi connectivity index (χ2n) is 9.30. The molecule has 10 heteroatoms. The molecule has 2 amide bonds. The molecule has 202 valence electrons. The van der Waals surface area contributed by atoms with Crippen LogP contribution in [0.4, 0.5) is 5.69 Å². The highest BCUT2D eigenvalue weighted by Crippen LogP contribution is 2.30. The van der Waals surface area contributed by atoms with Crippen LogP contribution in [0.25, 0.3) is 0 Å². The Bertz CT molecular complexity index is 1380. The van der Waals surface area contributed by atoms with E-state index in [1.54, 1.807) is 25.1 Å². The van der Waals surface area contributed by atoms with E-state index in [-0.39, 0.29) is 39.1 Å². The third-order valence-corrected chi connectivity index (χ3v) is 8.00. The van der Waals surface area contributed by atoms with E-state index in [9.17, 15) is 18.0 Å². The highest BCUT2D eigenvalue weighted by atomic mass is 35.5. The Morgan fingerprint density at radius 1 is 0.895 bits per heavy atom. The number of rotatable bonds is 10. The first-order valence-corrected chi connectivity index (χ1v) is 14.3. The summed E-state index contributed by atoms with van der Waals surface area (Å²) >= 11 is 12.4. The molecule has 1 N–H and O–H groups in total. The van der Waals surface area contributed by atoms with E-state index in [0.29, 0.717) is 0 Å². The van der Waals surface area contributed by atoms with Gasteiger partial charge in [0.05, 0.1) is 10.6 Å². The number of amides is 2. The number of aryl methyl sites for hydroxylation is 1. The lowest BCUT2D eigenvalue weighted by Crippen LogP contribution is -2.52. The van der Waals surface area contributed by atoms with Gasteiger partial charge in [-0.3, -0.25) is 13.9 Å². The van der Waals surface area contributed by atoms with Gasteiger partial charge in [0, 0.05) is 22.6 Å². The molecule has 0 spiro atoms. The standard InChI is InChI=1S/C28H31Cl2N3O4S/c1-19(2)31-28(35)21(4)32(17-22-10-8-9-20(3)13-22)27(34)18-33(25-15-23(29)14-24(30)16-25)38(36,37)26-11-6-5-7-12-26/h5-16,19,21H,17-18H2,1-4H3,(H,31,35)/t21-/m1/s1. The first-order chi connectivity index (χ1) is 17.9. The van der Waals surface area contributed by atoms with Gasteiger partial charge in [-0.25, -0.2) is 8.42 Å². The van der Waals surface area contributed by atoms with Crippen molar-refractivity contribution in [2.24, 2.45) is 0 Å². The molecule has 0 aliphatic heterocycles. The largest absolute Gasteiger partial charge is 0.352 e. The maximum absolute atomic E-state index is 13.9. The van der Waals surface area contributed by atoms with Crippen molar-refractivity contribution in [3.63, 3.8) is 0 Å². The fourth-order valence-corrected chi connectivity index (χ4v) is 5.86. The number of benzene rings is 3. The van der Waals surface area contributed by atoms with Crippen LogP contribution in [-0.2, 0) is 26.2 Å². The van der Waals surface area contributed by atoms with E-state index in [1.807, 2.05) is 45.0 Å². The first-order valence-electron chi connectivity index (χ1n) is 12.1. The predicted molar refractivity (Wildman–Crippen MR) is 152 cm³/mol. The molecule has 0 radical (unpaired) electrons. The minimum Gasteiger partial charge on any atom is -0.352 e. The van der Waals surface area contributed by atoms with Crippen molar-refractivity contribution in [2.45, 2.75) is 51.2 Å². The van der Waals surface area contributed by atoms with Crippen molar-refractivity contribution in [3.8, 4) is 0 Å². The molecule has 3 aromatic rings. The van der Waals surface area contributed by atoms with Crippen molar-refractivity contribution >= 4 is 50.7 Å². The molecule has 0 aliphatic carbocycles. The number of nitrogens with one attached hydrogen (secondary N) is 1. The van der Waals surface area contributed by atoms with E-state index < -0.39 is 28.5 Å². The lowest BCUT2D eigenvalue weighted by molar-refractivity contribution is -0.139. The summed E-state index contributed by atoms with van der Waals surface area (Å²) in [5.74, 6) is -0.905. The smallest absolute Gasteiger partial charge is 0.264 e.